The highest BCUT2D eigenvalue weighted by atomic mass is 32.1. The van der Waals surface area contributed by atoms with E-state index in [0.29, 0.717) is 23.4 Å². The van der Waals surface area contributed by atoms with E-state index in [9.17, 15) is 9.59 Å². The van der Waals surface area contributed by atoms with Crippen LogP contribution in [-0.2, 0) is 27.9 Å². The number of carbonyl (C=O) groups excluding carboxylic acids is 2. The summed E-state index contributed by atoms with van der Waals surface area (Å²) in [6.45, 7) is 8.43. The van der Waals surface area contributed by atoms with E-state index >= 15 is 0 Å². The van der Waals surface area contributed by atoms with Crippen LogP contribution in [0.4, 0.5) is 5.00 Å². The average Bonchev–Trinajstić information content (AvgIpc) is 3.13. The molecule has 0 spiro atoms. The zero-order valence-corrected chi connectivity index (χ0v) is 17.3. The van der Waals surface area contributed by atoms with Crippen molar-refractivity contribution in [3.05, 3.63) is 38.4 Å². The molecule has 1 aliphatic heterocycles. The van der Waals surface area contributed by atoms with Crippen LogP contribution >= 0.6 is 22.7 Å². The smallest absolute Gasteiger partial charge is 0.341 e. The lowest BCUT2D eigenvalue weighted by Gasteiger charge is -2.42. The molecule has 3 rings (SSSR count). The summed E-state index contributed by atoms with van der Waals surface area (Å²) >= 11 is 3.01. The number of hydrogen-bond acceptors (Lipinski definition) is 6. The Morgan fingerprint density at radius 2 is 2.04 bits per heavy atom. The zero-order chi connectivity index (χ0) is 19.1. The summed E-state index contributed by atoms with van der Waals surface area (Å²) in [5.41, 5.74) is 1.02. The second kappa shape index (κ2) is 6.79. The number of anilines is 1. The predicted octanol–water partition coefficient (Wildman–Crippen LogP) is 3.94. The minimum Gasteiger partial charge on any atom is -0.465 e. The van der Waals surface area contributed by atoms with E-state index in [2.05, 4.69) is 38.3 Å². The molecule has 2 N–H and O–H groups in total. The number of amides is 1. The molecule has 1 amide bonds. The third kappa shape index (κ3) is 3.70. The lowest BCUT2D eigenvalue weighted by Crippen LogP contribution is -2.55. The molecule has 1 aliphatic rings. The van der Waals surface area contributed by atoms with Gasteiger partial charge >= 0.3 is 5.97 Å². The zero-order valence-electron chi connectivity index (χ0n) is 15.7. The van der Waals surface area contributed by atoms with Crippen molar-refractivity contribution in [2.24, 2.45) is 0 Å². The van der Waals surface area contributed by atoms with Crippen LogP contribution in [0.15, 0.2) is 17.5 Å². The molecule has 0 saturated carbocycles. The number of methoxy groups -OCH3 is 1. The maximum Gasteiger partial charge on any atom is 0.341 e. The van der Waals surface area contributed by atoms with E-state index in [-0.39, 0.29) is 17.0 Å². The quantitative estimate of drug-likeness (QED) is 0.774. The number of fused-ring (bicyclic) bond motifs is 1. The summed E-state index contributed by atoms with van der Waals surface area (Å²) in [5, 5.41) is 9.09. The fourth-order valence-electron chi connectivity index (χ4n) is 3.68. The normalized spacial score (nSPS) is 17.4. The fraction of sp³-hybridized carbons (Fsp3) is 0.474. The lowest BCUT2D eigenvalue weighted by atomic mass is 9.81. The van der Waals surface area contributed by atoms with Crippen molar-refractivity contribution in [2.75, 3.05) is 12.4 Å². The van der Waals surface area contributed by atoms with Crippen LogP contribution in [-0.4, -0.2) is 24.5 Å². The van der Waals surface area contributed by atoms with Gasteiger partial charge in [-0.05, 0) is 51.1 Å². The maximum atomic E-state index is 12.5. The fourth-order valence-corrected chi connectivity index (χ4v) is 5.66. The standard InChI is InChI=1S/C19H24N2O3S2/c1-18(2)10-12-14(17(23)24-5)16(26-15(12)19(3,4)21-18)20-13(22)9-11-7-6-8-25-11/h6-8,21H,9-10H2,1-5H3,(H,20,22). The Hall–Kier alpha value is -1.70. The van der Waals surface area contributed by atoms with Crippen LogP contribution in [0.25, 0.3) is 0 Å². The number of nitrogens with one attached hydrogen (secondary N) is 2. The van der Waals surface area contributed by atoms with Gasteiger partial charge in [-0.25, -0.2) is 4.79 Å². The van der Waals surface area contributed by atoms with Crippen molar-refractivity contribution in [2.45, 2.75) is 51.6 Å². The van der Waals surface area contributed by atoms with E-state index in [1.807, 2.05) is 17.5 Å². The largest absolute Gasteiger partial charge is 0.465 e. The van der Waals surface area contributed by atoms with Gasteiger partial charge in [0, 0.05) is 20.8 Å². The summed E-state index contributed by atoms with van der Waals surface area (Å²) in [5.74, 6) is -0.524. The Morgan fingerprint density at radius 3 is 2.65 bits per heavy atom. The first kappa shape index (κ1) is 19.1. The highest BCUT2D eigenvalue weighted by Crippen LogP contribution is 2.45. The van der Waals surface area contributed by atoms with E-state index in [4.69, 9.17) is 4.74 Å². The molecule has 0 radical (unpaired) electrons. The molecule has 0 saturated heterocycles. The van der Waals surface area contributed by atoms with Gasteiger partial charge in [-0.2, -0.15) is 0 Å². The molecule has 0 atom stereocenters. The first-order chi connectivity index (χ1) is 12.1. The van der Waals surface area contributed by atoms with Gasteiger partial charge in [0.1, 0.15) is 5.00 Å². The molecular weight excluding hydrogens is 368 g/mol. The average molecular weight is 393 g/mol. The summed E-state index contributed by atoms with van der Waals surface area (Å²) in [6, 6.07) is 3.85. The molecule has 26 heavy (non-hydrogen) atoms. The van der Waals surface area contributed by atoms with E-state index in [1.54, 1.807) is 11.3 Å². The van der Waals surface area contributed by atoms with Crippen LogP contribution < -0.4 is 10.6 Å². The predicted molar refractivity (Wildman–Crippen MR) is 106 cm³/mol. The number of rotatable bonds is 4. The van der Waals surface area contributed by atoms with Crippen LogP contribution in [0.2, 0.25) is 0 Å². The molecule has 5 nitrogen and oxygen atoms in total. The second-order valence-corrected chi connectivity index (χ2v) is 9.77. The van der Waals surface area contributed by atoms with E-state index < -0.39 is 5.97 Å². The number of carbonyl (C=O) groups is 2. The molecule has 140 valence electrons. The minimum atomic E-state index is -0.401. The molecule has 0 aliphatic carbocycles. The van der Waals surface area contributed by atoms with Crippen molar-refractivity contribution < 1.29 is 14.3 Å². The van der Waals surface area contributed by atoms with Gasteiger partial charge in [0.15, 0.2) is 0 Å². The van der Waals surface area contributed by atoms with Gasteiger partial charge in [-0.1, -0.05) is 6.07 Å². The molecule has 0 fully saturated rings. The number of hydrogen-bond donors (Lipinski definition) is 2. The molecule has 3 heterocycles. The molecule has 0 unspecified atom stereocenters. The second-order valence-electron chi connectivity index (χ2n) is 7.72. The SMILES string of the molecule is COC(=O)c1c(NC(=O)Cc2cccs2)sc2c1CC(C)(C)NC2(C)C. The maximum absolute atomic E-state index is 12.5. The van der Waals surface area contributed by atoms with Crippen LogP contribution in [0.1, 0.15) is 53.4 Å². The Labute approximate surface area is 161 Å². The third-order valence-corrected chi connectivity index (χ3v) is 6.75. The van der Waals surface area contributed by atoms with Crippen molar-refractivity contribution in [1.82, 2.24) is 5.32 Å². The monoisotopic (exact) mass is 392 g/mol. The molecule has 0 aromatic carbocycles. The Kier molecular flexibility index (Phi) is 4.98. The lowest BCUT2D eigenvalue weighted by molar-refractivity contribution is -0.115. The van der Waals surface area contributed by atoms with Crippen LogP contribution in [0.3, 0.4) is 0 Å². The molecule has 7 heteroatoms. The van der Waals surface area contributed by atoms with Gasteiger partial charge in [-0.3, -0.25) is 4.79 Å². The first-order valence-electron chi connectivity index (χ1n) is 8.49. The van der Waals surface area contributed by atoms with Crippen LogP contribution in [0.5, 0.6) is 0 Å². The summed E-state index contributed by atoms with van der Waals surface area (Å²) in [4.78, 5) is 27.0. The highest BCUT2D eigenvalue weighted by Gasteiger charge is 2.42. The van der Waals surface area contributed by atoms with Crippen molar-refractivity contribution in [1.29, 1.82) is 0 Å². The third-order valence-electron chi connectivity index (χ3n) is 4.40. The molecule has 2 aromatic rings. The van der Waals surface area contributed by atoms with Crippen molar-refractivity contribution in [3.63, 3.8) is 0 Å². The Morgan fingerprint density at radius 1 is 1.31 bits per heavy atom. The van der Waals surface area contributed by atoms with Crippen molar-refractivity contribution in [3.8, 4) is 0 Å². The number of thiophene rings is 2. The summed E-state index contributed by atoms with van der Waals surface area (Å²) < 4.78 is 5.02. The number of ether oxygens (including phenoxy) is 1. The van der Waals surface area contributed by atoms with E-state index in [1.165, 1.54) is 18.4 Å². The van der Waals surface area contributed by atoms with Gasteiger partial charge in [0.25, 0.3) is 0 Å². The van der Waals surface area contributed by atoms with Crippen molar-refractivity contribution >= 4 is 39.6 Å². The molecule has 2 aromatic heterocycles. The van der Waals surface area contributed by atoms with Gasteiger partial charge < -0.3 is 15.4 Å². The molecule has 0 bridgehead atoms. The molecular formula is C19H24N2O3S2. The van der Waals surface area contributed by atoms with E-state index in [0.717, 1.165) is 15.3 Å². The first-order valence-corrected chi connectivity index (χ1v) is 10.2. The Balaban J connectivity index is 1.99. The highest BCUT2D eigenvalue weighted by molar-refractivity contribution is 7.17. The topological polar surface area (TPSA) is 67.4 Å². The van der Waals surface area contributed by atoms with Gasteiger partial charge in [0.2, 0.25) is 5.91 Å². The summed E-state index contributed by atoms with van der Waals surface area (Å²) in [7, 11) is 1.38. The minimum absolute atomic E-state index is 0.124. The van der Waals surface area contributed by atoms with Crippen LogP contribution in [0, 0.1) is 0 Å². The number of esters is 1. The summed E-state index contributed by atoms with van der Waals surface area (Å²) in [6.07, 6.45) is 1.00. The van der Waals surface area contributed by atoms with Gasteiger partial charge in [0.05, 0.1) is 19.1 Å². The van der Waals surface area contributed by atoms with Gasteiger partial charge in [-0.15, -0.1) is 22.7 Å². The Bertz CT molecular complexity index is 835.